The van der Waals surface area contributed by atoms with Crippen molar-refractivity contribution in [2.75, 3.05) is 13.2 Å². The Morgan fingerprint density at radius 3 is 3.26 bits per heavy atom. The number of amides is 1. The highest BCUT2D eigenvalue weighted by atomic mass is 16.5. The Kier molecular flexibility index (Phi) is 3.08. The van der Waals surface area contributed by atoms with E-state index in [0.717, 1.165) is 19.4 Å². The van der Waals surface area contributed by atoms with Crippen LogP contribution in [0.15, 0.2) is 24.5 Å². The lowest BCUT2D eigenvalue weighted by molar-refractivity contribution is 0.0854. The van der Waals surface area contributed by atoms with E-state index in [9.17, 15) is 9.90 Å². The van der Waals surface area contributed by atoms with E-state index in [1.807, 2.05) is 0 Å². The lowest BCUT2D eigenvalue weighted by atomic mass is 10.2. The zero-order valence-electron chi connectivity index (χ0n) is 10.4. The maximum absolute atomic E-state index is 12.0. The van der Waals surface area contributed by atoms with Crippen LogP contribution in [-0.2, 0) is 4.74 Å². The monoisotopic (exact) mass is 261 g/mol. The van der Waals surface area contributed by atoms with Gasteiger partial charge in [-0.1, -0.05) is 0 Å². The molecule has 1 aliphatic heterocycles. The maximum atomic E-state index is 12.0. The van der Waals surface area contributed by atoms with Gasteiger partial charge in [-0.15, -0.1) is 0 Å². The Bertz CT molecular complexity index is 602. The summed E-state index contributed by atoms with van der Waals surface area (Å²) < 4.78 is 7.06. The predicted molar refractivity (Wildman–Crippen MR) is 68.2 cm³/mol. The van der Waals surface area contributed by atoms with Crippen molar-refractivity contribution in [1.29, 1.82) is 0 Å². The van der Waals surface area contributed by atoms with Crippen molar-refractivity contribution in [3.8, 4) is 5.75 Å². The standard InChI is InChI=1S/C13H15N3O3/c17-11-4-1-5-16-8-10(15-12(11)16)13(18)14-7-9-3-2-6-19-9/h1,4-5,8-9,17H,2-3,6-7H2,(H,14,18). The maximum Gasteiger partial charge on any atom is 0.271 e. The summed E-state index contributed by atoms with van der Waals surface area (Å²) in [5.74, 6) is -0.195. The van der Waals surface area contributed by atoms with Gasteiger partial charge in [0, 0.05) is 25.5 Å². The van der Waals surface area contributed by atoms with E-state index in [4.69, 9.17) is 4.74 Å². The van der Waals surface area contributed by atoms with Gasteiger partial charge in [0.1, 0.15) is 5.69 Å². The number of ether oxygens (including phenoxy) is 1. The van der Waals surface area contributed by atoms with Crippen molar-refractivity contribution in [2.24, 2.45) is 0 Å². The molecule has 1 amide bonds. The van der Waals surface area contributed by atoms with Gasteiger partial charge in [-0.3, -0.25) is 4.79 Å². The molecular weight excluding hydrogens is 246 g/mol. The molecule has 6 heteroatoms. The largest absolute Gasteiger partial charge is 0.504 e. The first kappa shape index (κ1) is 12.0. The third-order valence-corrected chi connectivity index (χ3v) is 3.21. The van der Waals surface area contributed by atoms with Crippen molar-refractivity contribution in [3.63, 3.8) is 0 Å². The molecule has 3 heterocycles. The summed E-state index contributed by atoms with van der Waals surface area (Å²) in [6, 6.07) is 3.23. The number of rotatable bonds is 3. The SMILES string of the molecule is O=C(NCC1CCCO1)c1cn2cccc(O)c2n1. The first-order valence-electron chi connectivity index (χ1n) is 6.30. The molecule has 1 fully saturated rings. The minimum Gasteiger partial charge on any atom is -0.504 e. The molecule has 0 saturated carbocycles. The first-order valence-corrected chi connectivity index (χ1v) is 6.30. The quantitative estimate of drug-likeness (QED) is 0.862. The lowest BCUT2D eigenvalue weighted by Crippen LogP contribution is -2.31. The summed E-state index contributed by atoms with van der Waals surface area (Å²) in [7, 11) is 0. The van der Waals surface area contributed by atoms with Gasteiger partial charge in [0.15, 0.2) is 11.4 Å². The Morgan fingerprint density at radius 1 is 1.63 bits per heavy atom. The van der Waals surface area contributed by atoms with E-state index in [2.05, 4.69) is 10.3 Å². The number of aromatic hydroxyl groups is 1. The van der Waals surface area contributed by atoms with Crippen LogP contribution >= 0.6 is 0 Å². The van der Waals surface area contributed by atoms with Gasteiger partial charge in [-0.25, -0.2) is 4.98 Å². The van der Waals surface area contributed by atoms with Crippen LogP contribution in [0.25, 0.3) is 5.65 Å². The summed E-state index contributed by atoms with van der Waals surface area (Å²) in [4.78, 5) is 16.1. The molecule has 0 aliphatic carbocycles. The fourth-order valence-electron chi connectivity index (χ4n) is 2.21. The molecule has 3 rings (SSSR count). The number of hydrogen-bond acceptors (Lipinski definition) is 4. The van der Waals surface area contributed by atoms with Crippen molar-refractivity contribution in [3.05, 3.63) is 30.2 Å². The molecule has 19 heavy (non-hydrogen) atoms. The minimum atomic E-state index is -0.251. The number of imidazole rings is 1. The summed E-state index contributed by atoms with van der Waals surface area (Å²) in [5, 5.41) is 12.4. The normalized spacial score (nSPS) is 18.8. The number of pyridine rings is 1. The molecular formula is C13H15N3O3. The highest BCUT2D eigenvalue weighted by Crippen LogP contribution is 2.17. The van der Waals surface area contributed by atoms with E-state index < -0.39 is 0 Å². The molecule has 1 unspecified atom stereocenters. The molecule has 0 bridgehead atoms. The Balaban J connectivity index is 1.72. The van der Waals surface area contributed by atoms with Gasteiger partial charge in [-0.05, 0) is 25.0 Å². The molecule has 2 aromatic heterocycles. The van der Waals surface area contributed by atoms with Gasteiger partial charge in [-0.2, -0.15) is 0 Å². The fraction of sp³-hybridized carbons (Fsp3) is 0.385. The van der Waals surface area contributed by atoms with Crippen LogP contribution in [0.3, 0.4) is 0 Å². The lowest BCUT2D eigenvalue weighted by Gasteiger charge is -2.09. The number of fused-ring (bicyclic) bond motifs is 1. The molecule has 0 spiro atoms. The Morgan fingerprint density at radius 2 is 2.53 bits per heavy atom. The molecule has 2 N–H and O–H groups in total. The van der Waals surface area contributed by atoms with Gasteiger partial charge in [0.2, 0.25) is 0 Å². The van der Waals surface area contributed by atoms with Gasteiger partial charge in [0.05, 0.1) is 6.10 Å². The third-order valence-electron chi connectivity index (χ3n) is 3.21. The van der Waals surface area contributed by atoms with E-state index >= 15 is 0 Å². The summed E-state index contributed by atoms with van der Waals surface area (Å²) >= 11 is 0. The summed E-state index contributed by atoms with van der Waals surface area (Å²) in [5.41, 5.74) is 0.671. The third kappa shape index (κ3) is 2.39. The van der Waals surface area contributed by atoms with Crippen molar-refractivity contribution >= 4 is 11.6 Å². The van der Waals surface area contributed by atoms with Crippen molar-refractivity contribution in [2.45, 2.75) is 18.9 Å². The zero-order chi connectivity index (χ0) is 13.2. The van der Waals surface area contributed by atoms with Gasteiger partial charge >= 0.3 is 0 Å². The highest BCUT2D eigenvalue weighted by molar-refractivity contribution is 5.93. The fourth-order valence-corrected chi connectivity index (χ4v) is 2.21. The molecule has 2 aromatic rings. The minimum absolute atomic E-state index is 0.0562. The number of carbonyl (C=O) groups is 1. The number of hydrogen-bond donors (Lipinski definition) is 2. The van der Waals surface area contributed by atoms with Crippen LogP contribution in [0.5, 0.6) is 5.75 Å². The molecule has 1 aliphatic rings. The van der Waals surface area contributed by atoms with Gasteiger partial charge < -0.3 is 19.6 Å². The second-order valence-electron chi connectivity index (χ2n) is 4.60. The topological polar surface area (TPSA) is 75.9 Å². The van der Waals surface area contributed by atoms with E-state index in [1.165, 1.54) is 6.07 Å². The van der Waals surface area contributed by atoms with Crippen molar-refractivity contribution < 1.29 is 14.6 Å². The summed E-state index contributed by atoms with van der Waals surface area (Å²) in [6.07, 6.45) is 5.46. The van der Waals surface area contributed by atoms with Crippen LogP contribution in [0.2, 0.25) is 0 Å². The van der Waals surface area contributed by atoms with Crippen LogP contribution < -0.4 is 5.32 Å². The smallest absolute Gasteiger partial charge is 0.271 e. The van der Waals surface area contributed by atoms with Crippen LogP contribution in [-0.4, -0.2) is 39.7 Å². The number of carbonyl (C=O) groups excluding carboxylic acids is 1. The number of nitrogens with one attached hydrogen (secondary N) is 1. The van der Waals surface area contributed by atoms with Crippen LogP contribution in [0.4, 0.5) is 0 Å². The molecule has 6 nitrogen and oxygen atoms in total. The molecule has 1 atom stereocenters. The van der Waals surface area contributed by atoms with Crippen molar-refractivity contribution in [1.82, 2.24) is 14.7 Å². The molecule has 100 valence electrons. The van der Waals surface area contributed by atoms with E-state index in [0.29, 0.717) is 17.9 Å². The highest BCUT2D eigenvalue weighted by Gasteiger charge is 2.18. The Hall–Kier alpha value is -2.08. The Labute approximate surface area is 110 Å². The van der Waals surface area contributed by atoms with E-state index in [-0.39, 0.29) is 17.8 Å². The van der Waals surface area contributed by atoms with E-state index in [1.54, 1.807) is 22.9 Å². The average Bonchev–Trinajstić information content (AvgIpc) is 3.05. The number of aromatic nitrogens is 2. The second kappa shape index (κ2) is 4.89. The second-order valence-corrected chi connectivity index (χ2v) is 4.60. The first-order chi connectivity index (χ1) is 9.24. The molecule has 0 aromatic carbocycles. The molecule has 0 radical (unpaired) electrons. The van der Waals surface area contributed by atoms with Crippen LogP contribution in [0.1, 0.15) is 23.3 Å². The number of nitrogens with zero attached hydrogens (tertiary/aromatic N) is 2. The van der Waals surface area contributed by atoms with Gasteiger partial charge in [0.25, 0.3) is 5.91 Å². The molecule has 1 saturated heterocycles. The predicted octanol–water partition coefficient (Wildman–Crippen LogP) is 0.949. The van der Waals surface area contributed by atoms with Crippen LogP contribution in [0, 0.1) is 0 Å². The zero-order valence-corrected chi connectivity index (χ0v) is 10.4. The average molecular weight is 261 g/mol. The summed E-state index contributed by atoms with van der Waals surface area (Å²) in [6.45, 7) is 1.27.